The minimum atomic E-state index is 0.0260. The summed E-state index contributed by atoms with van der Waals surface area (Å²) >= 11 is 0. The van der Waals surface area contributed by atoms with Crippen LogP contribution in [-0.2, 0) is 0 Å². The first kappa shape index (κ1) is 15.1. The second kappa shape index (κ2) is 5.86. The van der Waals surface area contributed by atoms with Crippen LogP contribution in [0.3, 0.4) is 0 Å². The van der Waals surface area contributed by atoms with Crippen molar-refractivity contribution in [3.05, 3.63) is 58.7 Å². The zero-order valence-electron chi connectivity index (χ0n) is 14.0. The summed E-state index contributed by atoms with van der Waals surface area (Å²) in [5.41, 5.74) is 4.36. The lowest BCUT2D eigenvalue weighted by molar-refractivity contribution is 0.0731. The molecule has 0 spiro atoms. The van der Waals surface area contributed by atoms with Gasteiger partial charge in [0, 0.05) is 6.54 Å². The zero-order chi connectivity index (χ0) is 16.7. The highest BCUT2D eigenvalue weighted by molar-refractivity contribution is 5.98. The topological polar surface area (TPSA) is 38.8 Å². The van der Waals surface area contributed by atoms with Crippen LogP contribution in [0.1, 0.15) is 45.9 Å². The number of carbonyl (C=O) groups is 1. The molecule has 0 bridgehead atoms. The Morgan fingerprint density at radius 3 is 2.83 bits per heavy atom. The van der Waals surface area contributed by atoms with Crippen LogP contribution in [0.2, 0.25) is 0 Å². The van der Waals surface area contributed by atoms with E-state index >= 15 is 0 Å². The van der Waals surface area contributed by atoms with Gasteiger partial charge in [-0.15, -0.1) is 0 Å². The molecule has 0 N–H and O–H groups in total. The second-order valence-corrected chi connectivity index (χ2v) is 6.54. The Hall–Kier alpha value is -2.49. The number of fused-ring (bicyclic) bond motifs is 1. The van der Waals surface area contributed by atoms with Crippen molar-refractivity contribution in [1.29, 1.82) is 0 Å². The van der Waals surface area contributed by atoms with Crippen molar-refractivity contribution in [1.82, 2.24) is 4.90 Å². The highest BCUT2D eigenvalue weighted by atomic mass is 16.7. The van der Waals surface area contributed by atoms with Crippen molar-refractivity contribution in [2.75, 3.05) is 13.3 Å². The van der Waals surface area contributed by atoms with Crippen molar-refractivity contribution in [2.45, 2.75) is 32.7 Å². The maximum Gasteiger partial charge on any atom is 0.258 e. The van der Waals surface area contributed by atoms with Crippen LogP contribution in [0.25, 0.3) is 0 Å². The number of para-hydroxylation sites is 1. The largest absolute Gasteiger partial charge is 0.454 e. The van der Waals surface area contributed by atoms with E-state index in [0.29, 0.717) is 17.1 Å². The predicted molar refractivity (Wildman–Crippen MR) is 91.5 cm³/mol. The summed E-state index contributed by atoms with van der Waals surface area (Å²) in [6.45, 7) is 5.19. The molecule has 2 aromatic carbocycles. The number of hydrogen-bond acceptors (Lipinski definition) is 3. The van der Waals surface area contributed by atoms with Gasteiger partial charge in [0.15, 0.2) is 11.5 Å². The maximum atomic E-state index is 13.1. The molecule has 0 aromatic heterocycles. The van der Waals surface area contributed by atoms with Crippen LogP contribution in [0.5, 0.6) is 11.5 Å². The Bertz CT molecular complexity index is 799. The van der Waals surface area contributed by atoms with Crippen molar-refractivity contribution >= 4 is 5.91 Å². The molecule has 1 atom stereocenters. The first-order valence-electron chi connectivity index (χ1n) is 8.42. The fraction of sp³-hybridized carbons (Fsp3) is 0.350. The van der Waals surface area contributed by atoms with Crippen LogP contribution in [0, 0.1) is 13.8 Å². The van der Waals surface area contributed by atoms with Gasteiger partial charge in [-0.2, -0.15) is 0 Å². The third kappa shape index (κ3) is 2.42. The highest BCUT2D eigenvalue weighted by Gasteiger charge is 2.33. The number of carbonyl (C=O) groups excluding carboxylic acids is 1. The van der Waals surface area contributed by atoms with Gasteiger partial charge in [0.2, 0.25) is 6.79 Å². The maximum absolute atomic E-state index is 13.1. The molecule has 4 rings (SSSR count). The standard InChI is InChI=1S/C20H21NO3/c1-13-8-9-15(11-14(13)2)17-6-4-10-21(17)20(22)16-5-3-7-18-19(16)24-12-23-18/h3,5,7-9,11,17H,4,6,10,12H2,1-2H3. The number of aryl methyl sites for hydroxylation is 2. The third-order valence-electron chi connectivity index (χ3n) is 5.06. The van der Waals surface area contributed by atoms with E-state index in [2.05, 4.69) is 32.0 Å². The minimum absolute atomic E-state index is 0.0260. The van der Waals surface area contributed by atoms with Gasteiger partial charge in [-0.05, 0) is 55.5 Å². The first-order valence-corrected chi connectivity index (χ1v) is 8.42. The summed E-state index contributed by atoms with van der Waals surface area (Å²) in [7, 11) is 0. The Morgan fingerprint density at radius 1 is 1.12 bits per heavy atom. The Labute approximate surface area is 142 Å². The number of amides is 1. The van der Waals surface area contributed by atoms with Crippen LogP contribution in [0.4, 0.5) is 0 Å². The minimum Gasteiger partial charge on any atom is -0.454 e. The van der Waals surface area contributed by atoms with Crippen LogP contribution < -0.4 is 9.47 Å². The van der Waals surface area contributed by atoms with Crippen molar-refractivity contribution in [3.8, 4) is 11.5 Å². The molecule has 0 aliphatic carbocycles. The number of benzene rings is 2. The van der Waals surface area contributed by atoms with E-state index in [0.717, 1.165) is 19.4 Å². The lowest BCUT2D eigenvalue weighted by atomic mass is 9.99. The van der Waals surface area contributed by atoms with Crippen LogP contribution >= 0.6 is 0 Å². The highest BCUT2D eigenvalue weighted by Crippen LogP contribution is 2.39. The third-order valence-corrected chi connectivity index (χ3v) is 5.06. The van der Waals surface area contributed by atoms with Gasteiger partial charge in [0.1, 0.15) is 0 Å². The van der Waals surface area contributed by atoms with Crippen LogP contribution in [-0.4, -0.2) is 24.1 Å². The lowest BCUT2D eigenvalue weighted by Gasteiger charge is -2.26. The van der Waals surface area contributed by atoms with Gasteiger partial charge >= 0.3 is 0 Å². The number of ether oxygens (including phenoxy) is 2. The number of rotatable bonds is 2. The Kier molecular flexibility index (Phi) is 3.68. The smallest absolute Gasteiger partial charge is 0.258 e. The molecule has 0 saturated carbocycles. The van der Waals surface area contributed by atoms with Gasteiger partial charge in [-0.1, -0.05) is 24.3 Å². The Morgan fingerprint density at radius 2 is 2.00 bits per heavy atom. The number of likely N-dealkylation sites (tertiary alicyclic amines) is 1. The number of hydrogen-bond donors (Lipinski definition) is 0. The van der Waals surface area contributed by atoms with Gasteiger partial charge in [0.25, 0.3) is 5.91 Å². The summed E-state index contributed by atoms with van der Waals surface area (Å²) in [6.07, 6.45) is 2.02. The lowest BCUT2D eigenvalue weighted by Crippen LogP contribution is -2.30. The monoisotopic (exact) mass is 323 g/mol. The van der Waals surface area contributed by atoms with Gasteiger partial charge in [-0.25, -0.2) is 0 Å². The summed E-state index contributed by atoms with van der Waals surface area (Å²) in [5.74, 6) is 1.26. The molecule has 1 unspecified atom stereocenters. The Balaban J connectivity index is 1.66. The molecule has 24 heavy (non-hydrogen) atoms. The molecule has 2 heterocycles. The fourth-order valence-electron chi connectivity index (χ4n) is 3.58. The predicted octanol–water partition coefficient (Wildman–Crippen LogP) is 4.01. The number of nitrogens with zero attached hydrogens (tertiary/aromatic N) is 1. The van der Waals surface area contributed by atoms with Gasteiger partial charge in [0.05, 0.1) is 11.6 Å². The van der Waals surface area contributed by atoms with E-state index in [1.807, 2.05) is 23.1 Å². The van der Waals surface area contributed by atoms with Crippen molar-refractivity contribution < 1.29 is 14.3 Å². The molecule has 1 fully saturated rings. The molecular formula is C20H21NO3. The second-order valence-electron chi connectivity index (χ2n) is 6.54. The SMILES string of the molecule is Cc1ccc(C2CCCN2C(=O)c2cccc3c2OCO3)cc1C. The first-order chi connectivity index (χ1) is 11.6. The van der Waals surface area contributed by atoms with Gasteiger partial charge in [-0.3, -0.25) is 4.79 Å². The molecule has 124 valence electrons. The summed E-state index contributed by atoms with van der Waals surface area (Å²) in [4.78, 5) is 15.1. The quantitative estimate of drug-likeness (QED) is 0.838. The molecule has 1 amide bonds. The molecule has 2 aliphatic rings. The molecule has 2 aliphatic heterocycles. The van der Waals surface area contributed by atoms with E-state index in [1.165, 1.54) is 16.7 Å². The van der Waals surface area contributed by atoms with E-state index < -0.39 is 0 Å². The molecule has 2 aromatic rings. The van der Waals surface area contributed by atoms with Crippen molar-refractivity contribution in [2.24, 2.45) is 0 Å². The normalized spacial score (nSPS) is 18.9. The average Bonchev–Trinajstić information content (AvgIpc) is 3.25. The molecule has 0 radical (unpaired) electrons. The summed E-state index contributed by atoms with van der Waals surface area (Å²) in [6, 6.07) is 12.1. The molecule has 4 nitrogen and oxygen atoms in total. The zero-order valence-corrected chi connectivity index (χ0v) is 14.0. The molecule has 1 saturated heterocycles. The average molecular weight is 323 g/mol. The summed E-state index contributed by atoms with van der Waals surface area (Å²) < 4.78 is 10.9. The van der Waals surface area contributed by atoms with Crippen molar-refractivity contribution in [3.63, 3.8) is 0 Å². The van der Waals surface area contributed by atoms with E-state index in [9.17, 15) is 4.79 Å². The van der Waals surface area contributed by atoms with Gasteiger partial charge < -0.3 is 14.4 Å². The molecular weight excluding hydrogens is 302 g/mol. The molecule has 4 heteroatoms. The summed E-state index contributed by atoms with van der Waals surface area (Å²) in [5, 5.41) is 0. The van der Waals surface area contributed by atoms with E-state index in [4.69, 9.17) is 9.47 Å². The van der Waals surface area contributed by atoms with E-state index in [1.54, 1.807) is 0 Å². The van der Waals surface area contributed by atoms with E-state index in [-0.39, 0.29) is 18.7 Å². The fourth-order valence-corrected chi connectivity index (χ4v) is 3.58. The van der Waals surface area contributed by atoms with Crippen LogP contribution in [0.15, 0.2) is 36.4 Å².